The molecule has 2 aromatic heterocycles. The Morgan fingerprint density at radius 2 is 1.82 bits per heavy atom. The zero-order valence-electron chi connectivity index (χ0n) is 11.4. The van der Waals surface area contributed by atoms with Crippen LogP contribution in [0.25, 0.3) is 17.1 Å². The van der Waals surface area contributed by atoms with Crippen molar-refractivity contribution in [3.8, 4) is 17.1 Å². The Balaban J connectivity index is 2.03. The van der Waals surface area contributed by atoms with Gasteiger partial charge in [-0.05, 0) is 11.6 Å². The van der Waals surface area contributed by atoms with Crippen LogP contribution in [0.4, 0.5) is 0 Å². The zero-order valence-corrected chi connectivity index (χ0v) is 13.0. The van der Waals surface area contributed by atoms with Crippen LogP contribution in [0.2, 0.25) is 5.15 Å². The van der Waals surface area contributed by atoms with Gasteiger partial charge in [-0.1, -0.05) is 48.0 Å². The monoisotopic (exact) mass is 333 g/mol. The summed E-state index contributed by atoms with van der Waals surface area (Å²) in [6.07, 6.45) is 3.14. The largest absolute Gasteiger partial charge is 0.281 e. The highest BCUT2D eigenvalue weighted by Gasteiger charge is 2.13. The maximum atomic E-state index is 10.7. The molecule has 0 aliphatic carbocycles. The van der Waals surface area contributed by atoms with E-state index in [9.17, 15) is 8.42 Å². The van der Waals surface area contributed by atoms with Gasteiger partial charge in [0.05, 0.1) is 11.4 Å². The van der Waals surface area contributed by atoms with Crippen LogP contribution in [0.15, 0.2) is 55.0 Å². The smallest absolute Gasteiger partial charge is 0.155 e. The zero-order chi connectivity index (χ0) is 15.5. The summed E-state index contributed by atoms with van der Waals surface area (Å²) < 4.78 is 23.3. The van der Waals surface area contributed by atoms with E-state index >= 15 is 0 Å². The number of thiol groups is 1. The van der Waals surface area contributed by atoms with Crippen molar-refractivity contribution in [3.63, 3.8) is 0 Å². The van der Waals surface area contributed by atoms with Gasteiger partial charge < -0.3 is 0 Å². The van der Waals surface area contributed by atoms with Crippen molar-refractivity contribution >= 4 is 22.3 Å². The number of nitrogens with zero attached hydrogens (tertiary/aromatic N) is 3. The normalized spacial score (nSPS) is 11.0. The van der Waals surface area contributed by atoms with Crippen LogP contribution in [0.1, 0.15) is 5.56 Å². The van der Waals surface area contributed by atoms with E-state index in [-0.39, 0.29) is 5.75 Å². The Hall–Kier alpha value is -2.18. The minimum Gasteiger partial charge on any atom is -0.281 e. The second kappa shape index (κ2) is 6.29. The van der Waals surface area contributed by atoms with Crippen LogP contribution in [0.3, 0.4) is 0 Å². The van der Waals surface area contributed by atoms with Crippen molar-refractivity contribution in [2.24, 2.45) is 0 Å². The summed E-state index contributed by atoms with van der Waals surface area (Å²) in [5.74, 6) is 0.613. The molecular weight excluding hydrogens is 322 g/mol. The molecule has 0 N–H and O–H groups in total. The van der Waals surface area contributed by atoms with E-state index < -0.39 is 10.7 Å². The summed E-state index contributed by atoms with van der Waals surface area (Å²) in [6, 6.07) is 13.1. The van der Waals surface area contributed by atoms with Gasteiger partial charge in [0.25, 0.3) is 0 Å². The second-order valence-electron chi connectivity index (χ2n) is 4.64. The van der Waals surface area contributed by atoms with Gasteiger partial charge in [0.15, 0.2) is 5.15 Å². The standard InChI is InChI=1S/C15H12ClN3O2S/c16-15-14(12-4-2-1-3-5-12)19(10-18-15)13-7-6-11(8-17-13)9-22(20)21/h1-8,10,22H,9H2. The minimum absolute atomic E-state index is 0.0150. The molecule has 22 heavy (non-hydrogen) atoms. The molecule has 112 valence electrons. The highest BCUT2D eigenvalue weighted by molar-refractivity contribution is 7.71. The first-order valence-electron chi connectivity index (χ1n) is 6.50. The molecule has 0 aliphatic rings. The Morgan fingerprint density at radius 3 is 2.45 bits per heavy atom. The third-order valence-electron chi connectivity index (χ3n) is 3.14. The van der Waals surface area contributed by atoms with Gasteiger partial charge in [-0.3, -0.25) is 4.57 Å². The van der Waals surface area contributed by atoms with Crippen LogP contribution >= 0.6 is 11.6 Å². The fourth-order valence-electron chi connectivity index (χ4n) is 2.16. The number of hydrogen-bond acceptors (Lipinski definition) is 4. The van der Waals surface area contributed by atoms with Gasteiger partial charge in [-0.2, -0.15) is 0 Å². The van der Waals surface area contributed by atoms with Crippen molar-refractivity contribution in [2.45, 2.75) is 5.75 Å². The summed E-state index contributed by atoms with van der Waals surface area (Å²) in [6.45, 7) is 0. The van der Waals surface area contributed by atoms with E-state index in [0.29, 0.717) is 16.5 Å². The number of aromatic nitrogens is 3. The average Bonchev–Trinajstić information content (AvgIpc) is 2.90. The number of imidazole rings is 1. The molecule has 0 spiro atoms. The molecule has 0 saturated carbocycles. The summed E-state index contributed by atoms with van der Waals surface area (Å²) in [7, 11) is -2.46. The third kappa shape index (κ3) is 3.03. The van der Waals surface area contributed by atoms with Crippen molar-refractivity contribution in [2.75, 3.05) is 0 Å². The SMILES string of the molecule is O=[SH](=O)Cc1ccc(-n2cnc(Cl)c2-c2ccccc2)nc1. The van der Waals surface area contributed by atoms with Crippen LogP contribution in [-0.4, -0.2) is 23.0 Å². The fraction of sp³-hybridized carbons (Fsp3) is 0.0667. The molecule has 3 aromatic rings. The quantitative estimate of drug-likeness (QED) is 0.746. The molecule has 0 fully saturated rings. The number of benzene rings is 1. The van der Waals surface area contributed by atoms with Crippen LogP contribution in [-0.2, 0) is 16.5 Å². The predicted molar refractivity (Wildman–Crippen MR) is 85.8 cm³/mol. The lowest BCUT2D eigenvalue weighted by Crippen LogP contribution is -1.99. The molecule has 0 aliphatic heterocycles. The van der Waals surface area contributed by atoms with E-state index in [2.05, 4.69) is 9.97 Å². The number of rotatable bonds is 4. The molecule has 0 radical (unpaired) electrons. The van der Waals surface area contributed by atoms with E-state index in [4.69, 9.17) is 11.6 Å². The van der Waals surface area contributed by atoms with Crippen LogP contribution < -0.4 is 0 Å². The minimum atomic E-state index is -2.46. The molecule has 3 rings (SSSR count). The lowest BCUT2D eigenvalue weighted by Gasteiger charge is -2.08. The summed E-state index contributed by atoms with van der Waals surface area (Å²) >= 11 is 6.19. The molecule has 0 saturated heterocycles. The van der Waals surface area contributed by atoms with Crippen molar-refractivity contribution in [1.29, 1.82) is 0 Å². The van der Waals surface area contributed by atoms with E-state index in [1.165, 1.54) is 0 Å². The average molecular weight is 334 g/mol. The van der Waals surface area contributed by atoms with Gasteiger partial charge in [-0.15, -0.1) is 0 Å². The number of pyridine rings is 1. The van der Waals surface area contributed by atoms with Crippen molar-refractivity contribution < 1.29 is 8.42 Å². The summed E-state index contributed by atoms with van der Waals surface area (Å²) in [5.41, 5.74) is 2.32. The molecule has 0 amide bonds. The molecule has 0 bridgehead atoms. The highest BCUT2D eigenvalue weighted by Crippen LogP contribution is 2.28. The van der Waals surface area contributed by atoms with Crippen molar-refractivity contribution in [1.82, 2.24) is 14.5 Å². The number of hydrogen-bond donors (Lipinski definition) is 1. The van der Waals surface area contributed by atoms with Gasteiger partial charge >= 0.3 is 0 Å². The van der Waals surface area contributed by atoms with Gasteiger partial charge in [-0.25, -0.2) is 18.4 Å². The molecule has 2 heterocycles. The maximum absolute atomic E-state index is 10.7. The molecule has 1 aromatic carbocycles. The molecule has 5 nitrogen and oxygen atoms in total. The first-order valence-corrected chi connectivity index (χ1v) is 8.24. The summed E-state index contributed by atoms with van der Waals surface area (Å²) in [4.78, 5) is 8.43. The lowest BCUT2D eigenvalue weighted by atomic mass is 10.1. The predicted octanol–water partition coefficient (Wildman–Crippen LogP) is 2.70. The maximum Gasteiger partial charge on any atom is 0.155 e. The Morgan fingerprint density at radius 1 is 1.05 bits per heavy atom. The highest BCUT2D eigenvalue weighted by atomic mass is 35.5. The van der Waals surface area contributed by atoms with Crippen molar-refractivity contribution in [3.05, 3.63) is 65.7 Å². The Bertz CT molecular complexity index is 850. The lowest BCUT2D eigenvalue weighted by molar-refractivity contribution is 0.614. The Kier molecular flexibility index (Phi) is 4.22. The van der Waals surface area contributed by atoms with Crippen LogP contribution in [0, 0.1) is 0 Å². The molecule has 7 heteroatoms. The third-order valence-corrected chi connectivity index (χ3v) is 4.04. The van der Waals surface area contributed by atoms with E-state index in [1.807, 2.05) is 30.3 Å². The first-order chi connectivity index (χ1) is 10.6. The number of halogens is 1. The first kappa shape index (κ1) is 14.7. The molecule has 0 atom stereocenters. The van der Waals surface area contributed by atoms with Gasteiger partial charge in [0.2, 0.25) is 0 Å². The van der Waals surface area contributed by atoms with Gasteiger partial charge in [0.1, 0.15) is 22.8 Å². The topological polar surface area (TPSA) is 64.8 Å². The van der Waals surface area contributed by atoms with E-state index in [1.54, 1.807) is 29.2 Å². The Labute approximate surface area is 134 Å². The summed E-state index contributed by atoms with van der Waals surface area (Å²) in [5, 5.41) is 0.389. The van der Waals surface area contributed by atoms with Gasteiger partial charge in [0, 0.05) is 11.8 Å². The molecule has 0 unspecified atom stereocenters. The second-order valence-corrected chi connectivity index (χ2v) is 5.98. The molecular formula is C15H12ClN3O2S. The van der Waals surface area contributed by atoms with Crippen LogP contribution in [0.5, 0.6) is 0 Å². The fourth-order valence-corrected chi connectivity index (χ4v) is 2.89. The van der Waals surface area contributed by atoms with E-state index in [0.717, 1.165) is 11.3 Å².